The van der Waals surface area contributed by atoms with Crippen molar-refractivity contribution in [2.75, 3.05) is 0 Å². The lowest BCUT2D eigenvalue weighted by Gasteiger charge is -2.09. The van der Waals surface area contributed by atoms with Crippen LogP contribution < -0.4 is 0 Å². The maximum atomic E-state index is 9.32. The third kappa shape index (κ3) is 3.14. The van der Waals surface area contributed by atoms with E-state index in [0.717, 1.165) is 12.0 Å². The van der Waals surface area contributed by atoms with Gasteiger partial charge in [0.15, 0.2) is 0 Å². The van der Waals surface area contributed by atoms with Crippen molar-refractivity contribution in [3.8, 4) is 11.5 Å². The highest BCUT2D eigenvalue weighted by atomic mass is 16.3. The van der Waals surface area contributed by atoms with Crippen LogP contribution in [0.4, 0.5) is 0 Å². The number of phenolic OH excluding ortho intramolecular Hbond substituents is 2. The highest BCUT2D eigenvalue weighted by Crippen LogP contribution is 2.23. The molecule has 0 radical (unpaired) electrons. The van der Waals surface area contributed by atoms with Gasteiger partial charge < -0.3 is 15.3 Å². The maximum Gasteiger partial charge on any atom is 0.119 e. The largest absolute Gasteiger partial charge is 0.508 e. The van der Waals surface area contributed by atoms with Crippen LogP contribution in [0.3, 0.4) is 0 Å². The number of aliphatic hydroxyl groups is 1. The van der Waals surface area contributed by atoms with Crippen LogP contribution in [-0.4, -0.2) is 15.3 Å². The maximum absolute atomic E-state index is 9.32. The van der Waals surface area contributed by atoms with Gasteiger partial charge in [0, 0.05) is 6.07 Å². The molecule has 1 aliphatic carbocycles. The molecule has 0 aliphatic heterocycles. The van der Waals surface area contributed by atoms with Gasteiger partial charge in [0.05, 0.1) is 0 Å². The van der Waals surface area contributed by atoms with Gasteiger partial charge in [-0.05, 0) is 42.2 Å². The van der Waals surface area contributed by atoms with E-state index in [1.165, 1.54) is 6.07 Å². The second kappa shape index (κ2) is 4.78. The average molecular weight is 230 g/mol. The van der Waals surface area contributed by atoms with Crippen LogP contribution in [0.15, 0.2) is 48.3 Å². The van der Waals surface area contributed by atoms with Gasteiger partial charge in [0.25, 0.3) is 0 Å². The number of aliphatic hydroxyl groups excluding tert-OH is 1. The quantitative estimate of drug-likeness (QED) is 0.731. The third-order valence-corrected chi connectivity index (χ3v) is 2.57. The zero-order valence-corrected chi connectivity index (χ0v) is 9.24. The number of allylic oxidation sites excluding steroid dienone is 4. The van der Waals surface area contributed by atoms with Crippen molar-refractivity contribution in [3.63, 3.8) is 0 Å². The van der Waals surface area contributed by atoms with Crippen LogP contribution in [0.2, 0.25) is 0 Å². The first-order chi connectivity index (χ1) is 8.13. The van der Waals surface area contributed by atoms with Gasteiger partial charge in [0.2, 0.25) is 0 Å². The summed E-state index contributed by atoms with van der Waals surface area (Å²) in [6, 6.07) is 4.45. The van der Waals surface area contributed by atoms with E-state index in [1.807, 2.05) is 18.2 Å². The summed E-state index contributed by atoms with van der Waals surface area (Å²) in [6.07, 6.45) is 9.89. The molecule has 0 spiro atoms. The normalized spacial score (nSPS) is 19.5. The van der Waals surface area contributed by atoms with Crippen LogP contribution >= 0.6 is 0 Å². The first kappa shape index (κ1) is 11.3. The van der Waals surface area contributed by atoms with Crippen molar-refractivity contribution in [2.24, 2.45) is 5.92 Å². The van der Waals surface area contributed by atoms with E-state index in [2.05, 4.69) is 0 Å². The van der Waals surface area contributed by atoms with Crippen LogP contribution in [-0.2, 0) is 0 Å². The van der Waals surface area contributed by atoms with Crippen LogP contribution in [0.25, 0.3) is 6.08 Å². The predicted molar refractivity (Wildman–Crippen MR) is 66.8 cm³/mol. The van der Waals surface area contributed by atoms with Gasteiger partial charge in [-0.1, -0.05) is 18.2 Å². The number of aromatic hydroxyl groups is 2. The molecule has 17 heavy (non-hydrogen) atoms. The Morgan fingerprint density at radius 1 is 1.06 bits per heavy atom. The van der Waals surface area contributed by atoms with Gasteiger partial charge in [-0.25, -0.2) is 0 Å². The minimum Gasteiger partial charge on any atom is -0.508 e. The molecule has 1 atom stereocenters. The number of phenols is 2. The van der Waals surface area contributed by atoms with Crippen molar-refractivity contribution in [1.82, 2.24) is 0 Å². The third-order valence-electron chi connectivity index (χ3n) is 2.57. The molecular formula is C14H14O3. The molecular weight excluding hydrogens is 216 g/mol. The molecule has 0 fully saturated rings. The molecule has 1 aromatic rings. The van der Waals surface area contributed by atoms with Crippen molar-refractivity contribution in [1.29, 1.82) is 0 Å². The molecule has 3 heteroatoms. The SMILES string of the molecule is OC1=CCC(/C=C/c2cc(O)cc(O)c2)C=C1. The summed E-state index contributed by atoms with van der Waals surface area (Å²) >= 11 is 0. The van der Waals surface area contributed by atoms with Crippen LogP contribution in [0.1, 0.15) is 12.0 Å². The number of hydrogen-bond acceptors (Lipinski definition) is 3. The molecule has 0 amide bonds. The van der Waals surface area contributed by atoms with Crippen molar-refractivity contribution >= 4 is 6.08 Å². The standard InChI is InChI=1S/C14H14O3/c15-12-5-3-10(4-6-12)1-2-11-7-13(16)9-14(17)8-11/h1-3,5-10,15-17H,4H2/b2-1+. The summed E-state index contributed by atoms with van der Waals surface area (Å²) in [5.41, 5.74) is 0.745. The number of benzene rings is 1. The lowest BCUT2D eigenvalue weighted by Crippen LogP contribution is -1.95. The van der Waals surface area contributed by atoms with Gasteiger partial charge in [-0.3, -0.25) is 0 Å². The Labute approximate surface area is 99.7 Å². The molecule has 1 unspecified atom stereocenters. The Bertz CT molecular complexity index is 478. The first-order valence-electron chi connectivity index (χ1n) is 5.42. The minimum atomic E-state index is 0.0429. The lowest BCUT2D eigenvalue weighted by molar-refractivity contribution is 0.424. The number of hydrogen-bond donors (Lipinski definition) is 3. The van der Waals surface area contributed by atoms with Crippen LogP contribution in [0, 0.1) is 5.92 Å². The van der Waals surface area contributed by atoms with E-state index in [4.69, 9.17) is 5.11 Å². The monoisotopic (exact) mass is 230 g/mol. The summed E-state index contributed by atoms with van der Waals surface area (Å²) in [5.74, 6) is 0.614. The smallest absolute Gasteiger partial charge is 0.119 e. The van der Waals surface area contributed by atoms with Crippen LogP contribution in [0.5, 0.6) is 11.5 Å². The van der Waals surface area contributed by atoms with Crippen molar-refractivity contribution < 1.29 is 15.3 Å². The highest BCUT2D eigenvalue weighted by molar-refractivity contribution is 5.55. The summed E-state index contributed by atoms with van der Waals surface area (Å²) in [4.78, 5) is 0. The van der Waals surface area contributed by atoms with E-state index in [1.54, 1.807) is 24.3 Å². The van der Waals surface area contributed by atoms with E-state index in [-0.39, 0.29) is 17.4 Å². The van der Waals surface area contributed by atoms with E-state index in [9.17, 15) is 10.2 Å². The molecule has 88 valence electrons. The van der Waals surface area contributed by atoms with Gasteiger partial charge in [0.1, 0.15) is 17.3 Å². The fraction of sp³-hybridized carbons (Fsp3) is 0.143. The Hall–Kier alpha value is -2.16. The average Bonchev–Trinajstić information content (AvgIpc) is 2.27. The van der Waals surface area contributed by atoms with Gasteiger partial charge in [-0.2, -0.15) is 0 Å². The molecule has 0 heterocycles. The molecule has 1 aliphatic rings. The Balaban J connectivity index is 2.08. The molecule has 0 bridgehead atoms. The second-order valence-electron chi connectivity index (χ2n) is 4.03. The molecule has 3 nitrogen and oxygen atoms in total. The topological polar surface area (TPSA) is 60.7 Å². The Morgan fingerprint density at radius 2 is 1.76 bits per heavy atom. The predicted octanol–water partition coefficient (Wildman–Crippen LogP) is 3.13. The summed E-state index contributed by atoms with van der Waals surface area (Å²) in [5, 5.41) is 27.8. The minimum absolute atomic E-state index is 0.0429. The fourth-order valence-electron chi connectivity index (χ4n) is 1.72. The summed E-state index contributed by atoms with van der Waals surface area (Å²) in [7, 11) is 0. The van der Waals surface area contributed by atoms with Crippen molar-refractivity contribution in [2.45, 2.75) is 6.42 Å². The molecule has 0 saturated heterocycles. The molecule has 3 N–H and O–H groups in total. The molecule has 0 aromatic heterocycles. The van der Waals surface area contributed by atoms with Gasteiger partial charge in [-0.15, -0.1) is 0 Å². The number of rotatable bonds is 2. The Morgan fingerprint density at radius 3 is 2.35 bits per heavy atom. The lowest BCUT2D eigenvalue weighted by atomic mass is 9.98. The second-order valence-corrected chi connectivity index (χ2v) is 4.03. The zero-order chi connectivity index (χ0) is 12.3. The first-order valence-corrected chi connectivity index (χ1v) is 5.42. The highest BCUT2D eigenvalue weighted by Gasteiger charge is 2.04. The molecule has 2 rings (SSSR count). The molecule has 0 saturated carbocycles. The van der Waals surface area contributed by atoms with Crippen molar-refractivity contribution in [3.05, 3.63) is 53.8 Å². The summed E-state index contributed by atoms with van der Waals surface area (Å²) in [6.45, 7) is 0. The summed E-state index contributed by atoms with van der Waals surface area (Å²) < 4.78 is 0. The zero-order valence-electron chi connectivity index (χ0n) is 9.24. The van der Waals surface area contributed by atoms with E-state index in [0.29, 0.717) is 5.76 Å². The van der Waals surface area contributed by atoms with E-state index < -0.39 is 0 Å². The Kier molecular flexibility index (Phi) is 3.19. The van der Waals surface area contributed by atoms with E-state index >= 15 is 0 Å². The fourth-order valence-corrected chi connectivity index (χ4v) is 1.72. The molecule has 1 aromatic carbocycles. The van der Waals surface area contributed by atoms with Gasteiger partial charge >= 0.3 is 0 Å².